The zero-order chi connectivity index (χ0) is 11.0. The van der Waals surface area contributed by atoms with Gasteiger partial charge in [0.05, 0.1) is 10.5 Å². The molecule has 1 aliphatic rings. The molecule has 0 aromatic heterocycles. The summed E-state index contributed by atoms with van der Waals surface area (Å²) in [6.07, 6.45) is 0.888. The van der Waals surface area contributed by atoms with Gasteiger partial charge in [-0.15, -0.1) is 0 Å². The summed E-state index contributed by atoms with van der Waals surface area (Å²) in [4.78, 5) is 4.04. The van der Waals surface area contributed by atoms with E-state index < -0.39 is 0 Å². The number of rotatable bonds is 2. The van der Waals surface area contributed by atoms with Crippen LogP contribution in [0.2, 0.25) is 0 Å². The minimum atomic E-state index is -0.247. The van der Waals surface area contributed by atoms with Crippen LogP contribution in [0.15, 0.2) is 27.7 Å². The number of halogens is 2. The molecule has 0 saturated heterocycles. The summed E-state index contributed by atoms with van der Waals surface area (Å²) in [7, 11) is 0. The van der Waals surface area contributed by atoms with Crippen molar-refractivity contribution >= 4 is 21.9 Å². The smallest absolute Gasteiger partial charge is 0.186 e. The van der Waals surface area contributed by atoms with Crippen LogP contribution in [0.3, 0.4) is 0 Å². The number of hydrogen-bond donors (Lipinski definition) is 2. The molecule has 5 heteroatoms. The lowest BCUT2D eigenvalue weighted by atomic mass is 10.1. The number of nitrogens with two attached hydrogens (primary N) is 2. The zero-order valence-corrected chi connectivity index (χ0v) is 9.54. The van der Waals surface area contributed by atoms with Crippen LogP contribution in [0.1, 0.15) is 17.9 Å². The molecule has 0 heterocycles. The van der Waals surface area contributed by atoms with Crippen molar-refractivity contribution in [2.75, 3.05) is 0 Å². The van der Waals surface area contributed by atoms with Crippen molar-refractivity contribution in [1.29, 1.82) is 0 Å². The van der Waals surface area contributed by atoms with Gasteiger partial charge in [-0.3, -0.25) is 0 Å². The molecule has 1 fully saturated rings. The second-order valence-electron chi connectivity index (χ2n) is 3.64. The second kappa shape index (κ2) is 3.81. The van der Waals surface area contributed by atoms with E-state index in [1.807, 2.05) is 6.07 Å². The molecule has 0 aliphatic heterocycles. The molecule has 1 aromatic rings. The molecule has 1 saturated carbocycles. The number of benzene rings is 1. The molecule has 0 spiro atoms. The maximum Gasteiger partial charge on any atom is 0.186 e. The van der Waals surface area contributed by atoms with Gasteiger partial charge in [0.2, 0.25) is 0 Å². The van der Waals surface area contributed by atoms with Crippen LogP contribution >= 0.6 is 15.9 Å². The maximum absolute atomic E-state index is 13.2. The molecule has 4 N–H and O–H groups in total. The largest absolute Gasteiger partial charge is 0.370 e. The van der Waals surface area contributed by atoms with Crippen molar-refractivity contribution in [3.8, 4) is 0 Å². The monoisotopic (exact) mass is 271 g/mol. The van der Waals surface area contributed by atoms with E-state index in [-0.39, 0.29) is 23.7 Å². The lowest BCUT2D eigenvalue weighted by Crippen LogP contribution is -2.23. The molecule has 3 nitrogen and oxygen atoms in total. The first-order chi connectivity index (χ1) is 7.08. The van der Waals surface area contributed by atoms with Crippen LogP contribution in [0.4, 0.5) is 4.39 Å². The highest BCUT2D eigenvalue weighted by atomic mass is 79.9. The molecule has 1 aromatic carbocycles. The lowest BCUT2D eigenvalue weighted by Gasteiger charge is -2.00. The van der Waals surface area contributed by atoms with E-state index in [1.54, 1.807) is 6.07 Å². The van der Waals surface area contributed by atoms with E-state index in [0.717, 1.165) is 12.0 Å². The average Bonchev–Trinajstić information content (AvgIpc) is 2.88. The Kier molecular flexibility index (Phi) is 2.65. The number of guanidine groups is 1. The maximum atomic E-state index is 13.2. The Morgan fingerprint density at radius 2 is 2.20 bits per heavy atom. The first-order valence-electron chi connectivity index (χ1n) is 4.61. The molecular formula is C10H11BrFN3. The molecule has 1 aliphatic carbocycles. The number of aliphatic imine (C=N–C) groups is 1. The first-order valence-corrected chi connectivity index (χ1v) is 5.41. The first kappa shape index (κ1) is 10.4. The van der Waals surface area contributed by atoms with Gasteiger partial charge < -0.3 is 11.5 Å². The fourth-order valence-corrected chi connectivity index (χ4v) is 1.86. The summed E-state index contributed by atoms with van der Waals surface area (Å²) < 4.78 is 13.7. The Morgan fingerprint density at radius 1 is 1.47 bits per heavy atom. The molecule has 15 heavy (non-hydrogen) atoms. The van der Waals surface area contributed by atoms with Gasteiger partial charge in [-0.05, 0) is 40.0 Å². The van der Waals surface area contributed by atoms with Crippen LogP contribution in [0, 0.1) is 5.82 Å². The predicted octanol–water partition coefficient (Wildman–Crippen LogP) is 1.72. The second-order valence-corrected chi connectivity index (χ2v) is 4.49. The normalized spacial score (nSPS) is 23.6. The molecular weight excluding hydrogens is 261 g/mol. The average molecular weight is 272 g/mol. The van der Waals surface area contributed by atoms with E-state index in [9.17, 15) is 4.39 Å². The van der Waals surface area contributed by atoms with Gasteiger partial charge in [0.1, 0.15) is 5.82 Å². The SMILES string of the molecule is NC(N)=N[C@@H]1C[C@H]1c1ccc(Br)c(F)c1. The van der Waals surface area contributed by atoms with Crippen LogP contribution in [-0.4, -0.2) is 12.0 Å². The Labute approximate surface area is 95.5 Å². The predicted molar refractivity (Wildman–Crippen MR) is 61.1 cm³/mol. The molecule has 0 unspecified atom stereocenters. The van der Waals surface area contributed by atoms with E-state index >= 15 is 0 Å². The Bertz CT molecular complexity index is 415. The van der Waals surface area contributed by atoms with Crippen LogP contribution < -0.4 is 11.5 Å². The van der Waals surface area contributed by atoms with Gasteiger partial charge in [-0.2, -0.15) is 0 Å². The van der Waals surface area contributed by atoms with Crippen molar-refractivity contribution in [1.82, 2.24) is 0 Å². The van der Waals surface area contributed by atoms with Gasteiger partial charge in [-0.25, -0.2) is 9.38 Å². The molecule has 0 radical (unpaired) electrons. The molecule has 2 atom stereocenters. The van der Waals surface area contributed by atoms with Crippen molar-refractivity contribution < 1.29 is 4.39 Å². The van der Waals surface area contributed by atoms with E-state index in [0.29, 0.717) is 4.47 Å². The van der Waals surface area contributed by atoms with E-state index in [1.165, 1.54) is 6.07 Å². The van der Waals surface area contributed by atoms with E-state index in [4.69, 9.17) is 11.5 Å². The van der Waals surface area contributed by atoms with Crippen LogP contribution in [-0.2, 0) is 0 Å². The summed E-state index contributed by atoms with van der Waals surface area (Å²) in [6, 6.07) is 5.24. The lowest BCUT2D eigenvalue weighted by molar-refractivity contribution is 0.618. The van der Waals surface area contributed by atoms with Crippen molar-refractivity contribution in [2.45, 2.75) is 18.4 Å². The van der Waals surface area contributed by atoms with Crippen molar-refractivity contribution in [2.24, 2.45) is 16.5 Å². The van der Waals surface area contributed by atoms with Crippen LogP contribution in [0.25, 0.3) is 0 Å². The molecule has 2 rings (SSSR count). The fraction of sp³-hybridized carbons (Fsp3) is 0.300. The summed E-state index contributed by atoms with van der Waals surface area (Å²) in [5.74, 6) is 0.109. The van der Waals surface area contributed by atoms with Crippen molar-refractivity contribution in [3.05, 3.63) is 34.1 Å². The Morgan fingerprint density at radius 3 is 2.80 bits per heavy atom. The Hall–Kier alpha value is -1.10. The molecule has 80 valence electrons. The highest BCUT2D eigenvalue weighted by molar-refractivity contribution is 9.10. The highest BCUT2D eigenvalue weighted by Gasteiger charge is 2.38. The topological polar surface area (TPSA) is 64.4 Å². The van der Waals surface area contributed by atoms with Gasteiger partial charge in [0.25, 0.3) is 0 Å². The third kappa shape index (κ3) is 2.28. The summed E-state index contributed by atoms with van der Waals surface area (Å²) >= 11 is 3.11. The molecule has 0 amide bonds. The van der Waals surface area contributed by atoms with Gasteiger partial charge in [0.15, 0.2) is 5.96 Å². The third-order valence-corrected chi connectivity index (χ3v) is 3.09. The molecule has 0 bridgehead atoms. The minimum Gasteiger partial charge on any atom is -0.370 e. The van der Waals surface area contributed by atoms with Gasteiger partial charge in [0, 0.05) is 5.92 Å². The number of hydrogen-bond acceptors (Lipinski definition) is 1. The fourth-order valence-electron chi connectivity index (χ4n) is 1.62. The zero-order valence-electron chi connectivity index (χ0n) is 7.95. The van der Waals surface area contributed by atoms with Gasteiger partial charge in [-0.1, -0.05) is 6.07 Å². The summed E-state index contributed by atoms with van der Waals surface area (Å²) in [5.41, 5.74) is 11.5. The Balaban J connectivity index is 2.13. The minimum absolute atomic E-state index is 0.0973. The standard InChI is InChI=1S/C10H11BrFN3/c11-7-2-1-5(3-8(7)12)6-4-9(6)15-10(13)14/h1-3,6,9H,4H2,(H4,13,14,15)/t6-,9+/m0/s1. The highest BCUT2D eigenvalue weighted by Crippen LogP contribution is 2.43. The quantitative estimate of drug-likeness (QED) is 0.636. The van der Waals surface area contributed by atoms with Crippen molar-refractivity contribution in [3.63, 3.8) is 0 Å². The number of nitrogens with zero attached hydrogens (tertiary/aromatic N) is 1. The summed E-state index contributed by atoms with van der Waals surface area (Å²) in [5, 5.41) is 0. The third-order valence-electron chi connectivity index (χ3n) is 2.44. The van der Waals surface area contributed by atoms with E-state index in [2.05, 4.69) is 20.9 Å². The van der Waals surface area contributed by atoms with Crippen LogP contribution in [0.5, 0.6) is 0 Å². The summed E-state index contributed by atoms with van der Waals surface area (Å²) in [6.45, 7) is 0. The van der Waals surface area contributed by atoms with Gasteiger partial charge >= 0.3 is 0 Å².